The molecule has 134 valence electrons. The minimum Gasteiger partial charge on any atom is -0.396 e. The maximum atomic E-state index is 10.3. The van der Waals surface area contributed by atoms with Crippen LogP contribution in [0.3, 0.4) is 0 Å². The predicted molar refractivity (Wildman–Crippen MR) is 99.0 cm³/mol. The van der Waals surface area contributed by atoms with Crippen LogP contribution in [0.4, 0.5) is 11.6 Å². The maximum absolute atomic E-state index is 10.3. The van der Waals surface area contributed by atoms with Crippen molar-refractivity contribution in [2.75, 3.05) is 36.5 Å². The molecule has 0 bridgehead atoms. The van der Waals surface area contributed by atoms with Crippen LogP contribution in [0.5, 0.6) is 0 Å². The molecule has 1 aromatic heterocycles. The SMILES string of the molecule is OCC1CCCN(c2cc(NCC(O)c3ccccc3Cl)ncn2)C1. The van der Waals surface area contributed by atoms with Crippen LogP contribution in [0.25, 0.3) is 0 Å². The lowest BCUT2D eigenvalue weighted by Gasteiger charge is -2.32. The monoisotopic (exact) mass is 362 g/mol. The maximum Gasteiger partial charge on any atom is 0.134 e. The first-order valence-electron chi connectivity index (χ1n) is 8.51. The topological polar surface area (TPSA) is 81.5 Å². The Bertz CT molecular complexity index is 700. The van der Waals surface area contributed by atoms with Gasteiger partial charge in [0.25, 0.3) is 0 Å². The second-order valence-corrected chi connectivity index (χ2v) is 6.72. The number of anilines is 2. The zero-order chi connectivity index (χ0) is 17.6. The van der Waals surface area contributed by atoms with Crippen LogP contribution in [0, 0.1) is 5.92 Å². The highest BCUT2D eigenvalue weighted by molar-refractivity contribution is 6.31. The summed E-state index contributed by atoms with van der Waals surface area (Å²) in [5, 5.41) is 23.4. The first kappa shape index (κ1) is 17.9. The Morgan fingerprint density at radius 2 is 2.16 bits per heavy atom. The molecule has 1 aromatic carbocycles. The largest absolute Gasteiger partial charge is 0.396 e. The second kappa shape index (κ2) is 8.47. The third-order valence-corrected chi connectivity index (χ3v) is 4.84. The molecule has 1 aliphatic heterocycles. The standard InChI is InChI=1S/C18H23ClN4O2/c19-15-6-2-1-5-14(15)16(25)9-20-17-8-18(22-12-21-17)23-7-3-4-13(10-23)11-24/h1-2,5-6,8,12-13,16,24-25H,3-4,7,9-11H2,(H,20,21,22). The van der Waals surface area contributed by atoms with Crippen molar-refractivity contribution < 1.29 is 10.2 Å². The Hall–Kier alpha value is -1.89. The number of aromatic nitrogens is 2. The van der Waals surface area contributed by atoms with Crippen molar-refractivity contribution in [1.29, 1.82) is 0 Å². The predicted octanol–water partition coefficient (Wildman–Crippen LogP) is 2.48. The summed E-state index contributed by atoms with van der Waals surface area (Å²) in [6.45, 7) is 2.24. The summed E-state index contributed by atoms with van der Waals surface area (Å²) >= 11 is 6.11. The number of hydrogen-bond donors (Lipinski definition) is 3. The van der Waals surface area contributed by atoms with Gasteiger partial charge in [-0.1, -0.05) is 29.8 Å². The fourth-order valence-electron chi connectivity index (χ4n) is 3.10. The molecule has 0 saturated carbocycles. The highest BCUT2D eigenvalue weighted by Crippen LogP contribution is 2.24. The van der Waals surface area contributed by atoms with Crippen molar-refractivity contribution >= 4 is 23.2 Å². The van der Waals surface area contributed by atoms with Crippen molar-refractivity contribution in [3.05, 3.63) is 47.2 Å². The second-order valence-electron chi connectivity index (χ2n) is 6.32. The Balaban J connectivity index is 1.63. The van der Waals surface area contributed by atoms with Crippen LogP contribution in [0.1, 0.15) is 24.5 Å². The van der Waals surface area contributed by atoms with Crippen LogP contribution < -0.4 is 10.2 Å². The van der Waals surface area contributed by atoms with Gasteiger partial charge in [-0.3, -0.25) is 0 Å². The molecule has 2 aromatic rings. The van der Waals surface area contributed by atoms with Gasteiger partial charge in [-0.2, -0.15) is 0 Å². The van der Waals surface area contributed by atoms with Crippen molar-refractivity contribution in [2.45, 2.75) is 18.9 Å². The van der Waals surface area contributed by atoms with E-state index in [1.54, 1.807) is 6.07 Å². The number of benzene rings is 1. The van der Waals surface area contributed by atoms with E-state index in [9.17, 15) is 10.2 Å². The summed E-state index contributed by atoms with van der Waals surface area (Å²) in [4.78, 5) is 10.7. The van der Waals surface area contributed by atoms with Crippen LogP contribution in [-0.2, 0) is 0 Å². The van der Waals surface area contributed by atoms with Gasteiger partial charge >= 0.3 is 0 Å². The molecule has 25 heavy (non-hydrogen) atoms. The third-order valence-electron chi connectivity index (χ3n) is 4.49. The molecule has 0 radical (unpaired) electrons. The lowest BCUT2D eigenvalue weighted by atomic mass is 9.99. The molecule has 1 fully saturated rings. The molecule has 6 nitrogen and oxygen atoms in total. The number of aliphatic hydroxyl groups is 2. The average Bonchev–Trinajstić information content (AvgIpc) is 2.67. The number of hydrogen-bond acceptors (Lipinski definition) is 6. The van der Waals surface area contributed by atoms with E-state index in [0.29, 0.717) is 28.9 Å². The molecule has 1 saturated heterocycles. The van der Waals surface area contributed by atoms with Gasteiger partial charge in [-0.25, -0.2) is 9.97 Å². The molecule has 3 rings (SSSR count). The molecule has 2 atom stereocenters. The first-order chi connectivity index (χ1) is 12.2. The lowest BCUT2D eigenvalue weighted by Crippen LogP contribution is -2.37. The molecule has 1 aliphatic rings. The number of piperidine rings is 1. The van der Waals surface area contributed by atoms with E-state index in [0.717, 1.165) is 31.7 Å². The van der Waals surface area contributed by atoms with E-state index in [2.05, 4.69) is 20.2 Å². The zero-order valence-electron chi connectivity index (χ0n) is 14.0. The normalized spacial score (nSPS) is 18.8. The van der Waals surface area contributed by atoms with Crippen LogP contribution in [0.15, 0.2) is 36.7 Å². The lowest BCUT2D eigenvalue weighted by molar-refractivity contribution is 0.191. The van der Waals surface area contributed by atoms with E-state index in [1.807, 2.05) is 24.3 Å². The van der Waals surface area contributed by atoms with Crippen LogP contribution >= 0.6 is 11.6 Å². The fourth-order valence-corrected chi connectivity index (χ4v) is 3.36. The van der Waals surface area contributed by atoms with Gasteiger partial charge in [0.1, 0.15) is 18.0 Å². The quantitative estimate of drug-likeness (QED) is 0.732. The summed E-state index contributed by atoms with van der Waals surface area (Å²) in [6, 6.07) is 9.13. The van der Waals surface area contributed by atoms with E-state index in [-0.39, 0.29) is 6.61 Å². The number of aliphatic hydroxyl groups excluding tert-OH is 2. The molecule has 0 spiro atoms. The van der Waals surface area contributed by atoms with Crippen LogP contribution in [0.2, 0.25) is 5.02 Å². The molecule has 2 unspecified atom stereocenters. The summed E-state index contributed by atoms with van der Waals surface area (Å²) in [7, 11) is 0. The minimum atomic E-state index is -0.721. The van der Waals surface area contributed by atoms with Gasteiger partial charge in [0.15, 0.2) is 0 Å². The van der Waals surface area contributed by atoms with Gasteiger partial charge in [0, 0.05) is 42.9 Å². The molecule has 2 heterocycles. The zero-order valence-corrected chi connectivity index (χ0v) is 14.7. The Morgan fingerprint density at radius 1 is 1.32 bits per heavy atom. The van der Waals surface area contributed by atoms with E-state index in [1.165, 1.54) is 6.33 Å². The first-order valence-corrected chi connectivity index (χ1v) is 8.89. The number of halogens is 1. The van der Waals surface area contributed by atoms with Crippen molar-refractivity contribution in [2.24, 2.45) is 5.92 Å². The minimum absolute atomic E-state index is 0.205. The Morgan fingerprint density at radius 3 is 2.96 bits per heavy atom. The molecular weight excluding hydrogens is 340 g/mol. The molecule has 0 aliphatic carbocycles. The van der Waals surface area contributed by atoms with E-state index < -0.39 is 6.10 Å². The smallest absolute Gasteiger partial charge is 0.134 e. The summed E-state index contributed by atoms with van der Waals surface area (Å²) in [5.74, 6) is 1.78. The summed E-state index contributed by atoms with van der Waals surface area (Å²) in [5.41, 5.74) is 0.688. The molecular formula is C18H23ClN4O2. The van der Waals surface area contributed by atoms with Crippen LogP contribution in [-0.4, -0.2) is 46.4 Å². The number of nitrogens with zero attached hydrogens (tertiary/aromatic N) is 3. The molecule has 0 amide bonds. The van der Waals surface area contributed by atoms with Gasteiger partial charge in [-0.15, -0.1) is 0 Å². The third kappa shape index (κ3) is 4.60. The number of rotatable bonds is 6. The Kier molecular flexibility index (Phi) is 6.07. The van der Waals surface area contributed by atoms with Gasteiger partial charge in [0.05, 0.1) is 6.10 Å². The van der Waals surface area contributed by atoms with Gasteiger partial charge in [0.2, 0.25) is 0 Å². The van der Waals surface area contributed by atoms with Crippen molar-refractivity contribution in [3.8, 4) is 0 Å². The van der Waals surface area contributed by atoms with E-state index >= 15 is 0 Å². The molecule has 3 N–H and O–H groups in total. The van der Waals surface area contributed by atoms with E-state index in [4.69, 9.17) is 11.6 Å². The summed E-state index contributed by atoms with van der Waals surface area (Å²) < 4.78 is 0. The number of nitrogens with one attached hydrogen (secondary N) is 1. The molecule has 7 heteroatoms. The fraction of sp³-hybridized carbons (Fsp3) is 0.444. The van der Waals surface area contributed by atoms with Gasteiger partial charge in [-0.05, 0) is 24.8 Å². The average molecular weight is 363 g/mol. The Labute approximate surface area is 152 Å². The highest BCUT2D eigenvalue weighted by Gasteiger charge is 2.20. The summed E-state index contributed by atoms with van der Waals surface area (Å²) in [6.07, 6.45) is 2.89. The van der Waals surface area contributed by atoms with Crippen molar-refractivity contribution in [1.82, 2.24) is 9.97 Å². The van der Waals surface area contributed by atoms with Gasteiger partial charge < -0.3 is 20.4 Å². The van der Waals surface area contributed by atoms with Crippen molar-refractivity contribution in [3.63, 3.8) is 0 Å². The highest BCUT2D eigenvalue weighted by atomic mass is 35.5.